The summed E-state index contributed by atoms with van der Waals surface area (Å²) in [6.07, 6.45) is 1.42. The third kappa shape index (κ3) is 6.17. The molecule has 6 nitrogen and oxygen atoms in total. The fraction of sp³-hybridized carbons (Fsp3) is 0.125. The molecule has 0 saturated heterocycles. The number of hydrazone groups is 1. The highest BCUT2D eigenvalue weighted by Gasteiger charge is 2.14. The normalized spacial score (nSPS) is 10.7. The van der Waals surface area contributed by atoms with Crippen LogP contribution in [-0.2, 0) is 16.2 Å². The Hall–Kier alpha value is -3.64. The molecular weight excluding hydrogens is 414 g/mol. The number of nitrogens with one attached hydrogen (secondary N) is 2. The minimum Gasteiger partial charge on any atom is -0.488 e. The Labute approximate surface area is 185 Å². The van der Waals surface area contributed by atoms with Gasteiger partial charge in [-0.15, -0.1) is 0 Å². The number of rotatable bonds is 6. The van der Waals surface area contributed by atoms with E-state index < -0.39 is 11.8 Å². The fourth-order valence-electron chi connectivity index (χ4n) is 2.75. The van der Waals surface area contributed by atoms with E-state index in [1.165, 1.54) is 6.21 Å². The lowest BCUT2D eigenvalue weighted by atomic mass is 10.1. The zero-order chi connectivity index (χ0) is 22.2. The van der Waals surface area contributed by atoms with E-state index in [0.717, 1.165) is 16.7 Å². The van der Waals surface area contributed by atoms with Gasteiger partial charge in [-0.1, -0.05) is 54.1 Å². The number of aryl methyl sites for hydroxylation is 2. The molecule has 0 saturated carbocycles. The summed E-state index contributed by atoms with van der Waals surface area (Å²) in [5, 5.41) is 7.10. The van der Waals surface area contributed by atoms with Gasteiger partial charge in [-0.3, -0.25) is 9.59 Å². The molecule has 0 fully saturated rings. The predicted octanol–water partition coefficient (Wildman–Crippen LogP) is 4.62. The van der Waals surface area contributed by atoms with Gasteiger partial charge < -0.3 is 10.1 Å². The molecule has 158 valence electrons. The van der Waals surface area contributed by atoms with Crippen molar-refractivity contribution in [2.75, 3.05) is 5.32 Å². The fourth-order valence-corrected chi connectivity index (χ4v) is 2.94. The number of hydrogen-bond donors (Lipinski definition) is 2. The molecule has 0 bridgehead atoms. The molecule has 0 radical (unpaired) electrons. The van der Waals surface area contributed by atoms with Crippen LogP contribution in [0.15, 0.2) is 71.8 Å². The van der Waals surface area contributed by atoms with E-state index in [9.17, 15) is 9.59 Å². The lowest BCUT2D eigenvalue weighted by Gasteiger charge is -2.10. The quantitative estimate of drug-likeness (QED) is 0.336. The van der Waals surface area contributed by atoms with Crippen molar-refractivity contribution in [3.8, 4) is 5.75 Å². The maximum absolute atomic E-state index is 12.1. The molecule has 0 aliphatic heterocycles. The van der Waals surface area contributed by atoms with Gasteiger partial charge in [-0.05, 0) is 49.2 Å². The second-order valence-electron chi connectivity index (χ2n) is 6.89. The summed E-state index contributed by atoms with van der Waals surface area (Å²) in [4.78, 5) is 24.2. The third-order valence-electron chi connectivity index (χ3n) is 4.48. The summed E-state index contributed by atoms with van der Waals surface area (Å²) in [5.41, 5.74) is 6.16. The van der Waals surface area contributed by atoms with Crippen molar-refractivity contribution in [1.29, 1.82) is 0 Å². The van der Waals surface area contributed by atoms with E-state index in [0.29, 0.717) is 22.0 Å². The molecule has 0 aromatic heterocycles. The van der Waals surface area contributed by atoms with Crippen molar-refractivity contribution in [3.63, 3.8) is 0 Å². The van der Waals surface area contributed by atoms with Crippen LogP contribution in [0.25, 0.3) is 0 Å². The van der Waals surface area contributed by atoms with Crippen LogP contribution in [0, 0.1) is 13.8 Å². The lowest BCUT2D eigenvalue weighted by Crippen LogP contribution is -2.32. The third-order valence-corrected chi connectivity index (χ3v) is 4.85. The minimum atomic E-state index is -0.869. The Kier molecular flexibility index (Phi) is 7.40. The number of halogens is 1. The topological polar surface area (TPSA) is 79.8 Å². The van der Waals surface area contributed by atoms with Crippen molar-refractivity contribution in [2.45, 2.75) is 20.5 Å². The zero-order valence-electron chi connectivity index (χ0n) is 17.2. The van der Waals surface area contributed by atoms with E-state index in [2.05, 4.69) is 15.8 Å². The Bertz CT molecular complexity index is 1130. The largest absolute Gasteiger partial charge is 0.488 e. The molecule has 0 heterocycles. The van der Waals surface area contributed by atoms with Crippen molar-refractivity contribution < 1.29 is 14.3 Å². The second kappa shape index (κ2) is 10.4. The average molecular weight is 436 g/mol. The zero-order valence-corrected chi connectivity index (χ0v) is 17.9. The number of ether oxygens (including phenoxy) is 1. The number of para-hydroxylation sites is 1. The van der Waals surface area contributed by atoms with Gasteiger partial charge in [0.1, 0.15) is 12.4 Å². The molecule has 3 rings (SSSR count). The Morgan fingerprint density at radius 1 is 1.00 bits per heavy atom. The molecule has 0 atom stereocenters. The number of benzene rings is 3. The summed E-state index contributed by atoms with van der Waals surface area (Å²) >= 11 is 6.16. The first-order chi connectivity index (χ1) is 14.9. The van der Waals surface area contributed by atoms with Crippen LogP contribution in [0.4, 0.5) is 5.69 Å². The van der Waals surface area contributed by atoms with Crippen LogP contribution < -0.4 is 15.5 Å². The maximum atomic E-state index is 12.1. The minimum absolute atomic E-state index is 0.287. The first-order valence-corrected chi connectivity index (χ1v) is 9.98. The first kappa shape index (κ1) is 22.1. The molecule has 2 amide bonds. The number of nitrogens with zero attached hydrogens (tertiary/aromatic N) is 1. The predicted molar refractivity (Wildman–Crippen MR) is 123 cm³/mol. The molecule has 0 aliphatic rings. The summed E-state index contributed by atoms with van der Waals surface area (Å²) < 4.78 is 5.84. The van der Waals surface area contributed by atoms with Crippen molar-refractivity contribution in [3.05, 3.63) is 94.0 Å². The van der Waals surface area contributed by atoms with Gasteiger partial charge in [0, 0.05) is 21.8 Å². The Balaban J connectivity index is 1.60. The van der Waals surface area contributed by atoms with Gasteiger partial charge in [0.05, 0.1) is 6.21 Å². The highest BCUT2D eigenvalue weighted by Crippen LogP contribution is 2.21. The summed E-state index contributed by atoms with van der Waals surface area (Å²) in [6, 6.07) is 20.2. The van der Waals surface area contributed by atoms with Crippen LogP contribution in [0.3, 0.4) is 0 Å². The Morgan fingerprint density at radius 2 is 1.74 bits per heavy atom. The van der Waals surface area contributed by atoms with Gasteiger partial charge in [0.25, 0.3) is 0 Å². The number of amides is 2. The summed E-state index contributed by atoms with van der Waals surface area (Å²) in [6.45, 7) is 4.05. The summed E-state index contributed by atoms with van der Waals surface area (Å²) in [5.74, 6) is -1.10. The van der Waals surface area contributed by atoms with Crippen molar-refractivity contribution in [2.24, 2.45) is 5.10 Å². The first-order valence-electron chi connectivity index (χ1n) is 9.61. The molecule has 0 spiro atoms. The van der Waals surface area contributed by atoms with E-state index in [4.69, 9.17) is 16.3 Å². The molecule has 0 aliphatic carbocycles. The molecule has 3 aromatic rings. The molecule has 0 unspecified atom stereocenters. The molecule has 2 N–H and O–H groups in total. The molecule has 31 heavy (non-hydrogen) atoms. The van der Waals surface area contributed by atoms with Gasteiger partial charge in [-0.25, -0.2) is 5.43 Å². The Morgan fingerprint density at radius 3 is 2.55 bits per heavy atom. The summed E-state index contributed by atoms with van der Waals surface area (Å²) in [7, 11) is 0. The number of carbonyl (C=O) groups is 2. The standard InChI is InChI=1S/C24H22ClN3O3/c1-16-11-12-17(2)21(13-16)27-23(29)24(30)28-26-14-18-7-4-6-10-22(18)31-15-19-8-3-5-9-20(19)25/h3-14H,15H2,1-2H3,(H,27,29)(H,28,30)/b26-14+. The second-order valence-corrected chi connectivity index (χ2v) is 7.30. The highest BCUT2D eigenvalue weighted by molar-refractivity contribution is 6.39. The number of anilines is 1. The van der Waals surface area contributed by atoms with Gasteiger partial charge in [0.15, 0.2) is 0 Å². The van der Waals surface area contributed by atoms with Crippen LogP contribution >= 0.6 is 11.6 Å². The van der Waals surface area contributed by atoms with Gasteiger partial charge >= 0.3 is 11.8 Å². The van der Waals surface area contributed by atoms with E-state index >= 15 is 0 Å². The maximum Gasteiger partial charge on any atom is 0.329 e. The van der Waals surface area contributed by atoms with Gasteiger partial charge in [0.2, 0.25) is 0 Å². The smallest absolute Gasteiger partial charge is 0.329 e. The van der Waals surface area contributed by atoms with Crippen LogP contribution in [0.2, 0.25) is 5.02 Å². The lowest BCUT2D eigenvalue weighted by molar-refractivity contribution is -0.136. The molecular formula is C24H22ClN3O3. The van der Waals surface area contributed by atoms with E-state index in [1.54, 1.807) is 24.3 Å². The van der Waals surface area contributed by atoms with Crippen molar-refractivity contribution >= 4 is 35.3 Å². The number of hydrogen-bond acceptors (Lipinski definition) is 4. The molecule has 7 heteroatoms. The number of carbonyl (C=O) groups excluding carboxylic acids is 2. The van der Waals surface area contributed by atoms with Crippen molar-refractivity contribution in [1.82, 2.24) is 5.43 Å². The van der Waals surface area contributed by atoms with Crippen LogP contribution in [-0.4, -0.2) is 18.0 Å². The SMILES string of the molecule is Cc1ccc(C)c(NC(=O)C(=O)N/N=C/c2ccccc2OCc2ccccc2Cl)c1. The van der Waals surface area contributed by atoms with E-state index in [1.807, 2.05) is 56.3 Å². The average Bonchev–Trinajstić information content (AvgIpc) is 2.76. The monoisotopic (exact) mass is 435 g/mol. The molecule has 3 aromatic carbocycles. The highest BCUT2D eigenvalue weighted by atomic mass is 35.5. The van der Waals surface area contributed by atoms with Crippen LogP contribution in [0.1, 0.15) is 22.3 Å². The van der Waals surface area contributed by atoms with Crippen LogP contribution in [0.5, 0.6) is 5.75 Å². The van der Waals surface area contributed by atoms with Gasteiger partial charge in [-0.2, -0.15) is 5.10 Å². The van der Waals surface area contributed by atoms with E-state index in [-0.39, 0.29) is 6.61 Å².